The fourth-order valence-corrected chi connectivity index (χ4v) is 2.66. The maximum atomic E-state index is 9.60. The predicted molar refractivity (Wildman–Crippen MR) is 87.1 cm³/mol. The highest BCUT2D eigenvalue weighted by Crippen LogP contribution is 2.28. The van der Waals surface area contributed by atoms with Crippen molar-refractivity contribution in [2.75, 3.05) is 26.2 Å². The third-order valence-electron chi connectivity index (χ3n) is 4.38. The normalized spacial score (nSPS) is 18.8. The van der Waals surface area contributed by atoms with Crippen molar-refractivity contribution in [1.29, 1.82) is 0 Å². The van der Waals surface area contributed by atoms with Crippen molar-refractivity contribution in [2.45, 2.75) is 77.8 Å². The van der Waals surface area contributed by atoms with E-state index in [0.29, 0.717) is 0 Å². The molecule has 0 bridgehead atoms. The van der Waals surface area contributed by atoms with Gasteiger partial charge in [-0.15, -0.1) is 0 Å². The minimum atomic E-state index is -0.0940. The highest BCUT2D eigenvalue weighted by atomic mass is 16.3. The lowest BCUT2D eigenvalue weighted by molar-refractivity contribution is 0.154. The monoisotopic (exact) mass is 284 g/mol. The van der Waals surface area contributed by atoms with E-state index in [1.807, 2.05) is 0 Å². The number of hydrogen-bond donors (Lipinski definition) is 2. The van der Waals surface area contributed by atoms with Crippen LogP contribution in [0.15, 0.2) is 0 Å². The molecular weight excluding hydrogens is 248 g/mol. The lowest BCUT2D eigenvalue weighted by atomic mass is 9.96. The minimum absolute atomic E-state index is 0.0940. The molecule has 1 aliphatic rings. The van der Waals surface area contributed by atoms with Gasteiger partial charge in [-0.3, -0.25) is 0 Å². The molecule has 1 atom stereocenters. The van der Waals surface area contributed by atoms with Crippen molar-refractivity contribution in [3.63, 3.8) is 0 Å². The van der Waals surface area contributed by atoms with Crippen LogP contribution >= 0.6 is 0 Å². The molecule has 120 valence electrons. The van der Waals surface area contributed by atoms with Gasteiger partial charge in [0.15, 0.2) is 0 Å². The fourth-order valence-electron chi connectivity index (χ4n) is 2.66. The molecule has 2 N–H and O–H groups in total. The van der Waals surface area contributed by atoms with E-state index in [0.717, 1.165) is 31.3 Å². The molecule has 0 radical (unpaired) electrons. The topological polar surface area (TPSA) is 35.5 Å². The fraction of sp³-hybridized carbons (Fsp3) is 1.00. The van der Waals surface area contributed by atoms with Crippen molar-refractivity contribution >= 4 is 0 Å². The molecule has 3 heteroatoms. The van der Waals surface area contributed by atoms with Gasteiger partial charge in [-0.1, -0.05) is 20.8 Å². The van der Waals surface area contributed by atoms with Crippen LogP contribution < -0.4 is 5.32 Å². The molecule has 0 aliphatic heterocycles. The first-order chi connectivity index (χ1) is 9.50. The Kier molecular flexibility index (Phi) is 8.08. The maximum Gasteiger partial charge on any atom is 0.0610 e. The number of rotatable bonds is 12. The van der Waals surface area contributed by atoms with E-state index in [1.165, 1.54) is 38.8 Å². The second kappa shape index (κ2) is 9.01. The van der Waals surface area contributed by atoms with Gasteiger partial charge in [-0.2, -0.15) is 0 Å². The molecule has 0 saturated heterocycles. The van der Waals surface area contributed by atoms with Crippen LogP contribution in [0.3, 0.4) is 0 Å². The maximum absolute atomic E-state index is 9.60. The van der Waals surface area contributed by atoms with Gasteiger partial charge in [0.1, 0.15) is 0 Å². The number of aliphatic hydroxyl groups is 1. The van der Waals surface area contributed by atoms with E-state index >= 15 is 0 Å². The SMILES string of the molecule is CCCNC(C)(CO)CCCN(CCC(C)C)C1CC1. The summed E-state index contributed by atoms with van der Waals surface area (Å²) in [5, 5.41) is 13.1. The minimum Gasteiger partial charge on any atom is -0.394 e. The average Bonchev–Trinajstić information content (AvgIpc) is 3.24. The van der Waals surface area contributed by atoms with Crippen molar-refractivity contribution in [3.05, 3.63) is 0 Å². The molecule has 1 rings (SSSR count). The largest absolute Gasteiger partial charge is 0.394 e. The molecule has 0 heterocycles. The van der Waals surface area contributed by atoms with Crippen molar-refractivity contribution < 1.29 is 5.11 Å². The van der Waals surface area contributed by atoms with Crippen molar-refractivity contribution in [1.82, 2.24) is 10.2 Å². The van der Waals surface area contributed by atoms with Gasteiger partial charge in [-0.05, 0) is 71.0 Å². The molecule has 3 nitrogen and oxygen atoms in total. The van der Waals surface area contributed by atoms with Crippen LogP contribution in [0.4, 0.5) is 0 Å². The second-order valence-electron chi connectivity index (χ2n) is 7.20. The zero-order valence-electron chi connectivity index (χ0n) is 14.1. The summed E-state index contributed by atoms with van der Waals surface area (Å²) in [6.45, 7) is 12.6. The van der Waals surface area contributed by atoms with Gasteiger partial charge >= 0.3 is 0 Å². The van der Waals surface area contributed by atoms with Gasteiger partial charge < -0.3 is 15.3 Å². The number of nitrogens with zero attached hydrogens (tertiary/aromatic N) is 1. The molecule has 0 aromatic carbocycles. The number of aliphatic hydroxyl groups excluding tert-OH is 1. The van der Waals surface area contributed by atoms with E-state index in [9.17, 15) is 5.11 Å². The third kappa shape index (κ3) is 7.05. The lowest BCUT2D eigenvalue weighted by Crippen LogP contribution is -2.46. The average molecular weight is 284 g/mol. The molecular formula is C17H36N2O. The van der Waals surface area contributed by atoms with Gasteiger partial charge in [0.05, 0.1) is 6.61 Å². The van der Waals surface area contributed by atoms with Gasteiger partial charge in [0.2, 0.25) is 0 Å². The Hall–Kier alpha value is -0.120. The van der Waals surface area contributed by atoms with E-state index < -0.39 is 0 Å². The van der Waals surface area contributed by atoms with Gasteiger partial charge in [-0.25, -0.2) is 0 Å². The summed E-state index contributed by atoms with van der Waals surface area (Å²) in [5.74, 6) is 0.796. The molecule has 20 heavy (non-hydrogen) atoms. The lowest BCUT2D eigenvalue weighted by Gasteiger charge is -2.30. The number of hydrogen-bond acceptors (Lipinski definition) is 3. The van der Waals surface area contributed by atoms with Crippen LogP contribution in [0, 0.1) is 5.92 Å². The van der Waals surface area contributed by atoms with Gasteiger partial charge in [0.25, 0.3) is 0 Å². The second-order valence-corrected chi connectivity index (χ2v) is 7.20. The molecule has 1 saturated carbocycles. The summed E-state index contributed by atoms with van der Waals surface area (Å²) < 4.78 is 0. The molecule has 0 spiro atoms. The molecule has 0 aromatic rings. The van der Waals surface area contributed by atoms with Gasteiger partial charge in [0, 0.05) is 11.6 Å². The summed E-state index contributed by atoms with van der Waals surface area (Å²) in [7, 11) is 0. The Balaban J connectivity index is 2.27. The first kappa shape index (κ1) is 17.9. The molecule has 1 aliphatic carbocycles. The standard InChI is InChI=1S/C17H36N2O/c1-5-11-18-17(4,14-20)10-6-12-19(16-7-8-16)13-9-15(2)3/h15-16,18,20H,5-14H2,1-4H3. The Morgan fingerprint density at radius 1 is 1.30 bits per heavy atom. The molecule has 0 aromatic heterocycles. The molecule has 1 unspecified atom stereocenters. The Morgan fingerprint density at radius 3 is 2.50 bits per heavy atom. The summed E-state index contributed by atoms with van der Waals surface area (Å²) in [5.41, 5.74) is -0.0940. The predicted octanol–water partition coefficient (Wildman–Crippen LogP) is 3.03. The van der Waals surface area contributed by atoms with E-state index in [2.05, 4.69) is 37.9 Å². The van der Waals surface area contributed by atoms with Crippen LogP contribution in [-0.2, 0) is 0 Å². The quantitative estimate of drug-likeness (QED) is 0.578. The highest BCUT2D eigenvalue weighted by Gasteiger charge is 2.29. The van der Waals surface area contributed by atoms with Crippen LogP contribution in [0.25, 0.3) is 0 Å². The Bertz CT molecular complexity index is 253. The summed E-state index contributed by atoms with van der Waals surface area (Å²) >= 11 is 0. The summed E-state index contributed by atoms with van der Waals surface area (Å²) in [6.07, 6.45) is 7.46. The zero-order chi connectivity index (χ0) is 15.0. The van der Waals surface area contributed by atoms with Crippen molar-refractivity contribution in [3.8, 4) is 0 Å². The molecule has 1 fully saturated rings. The highest BCUT2D eigenvalue weighted by molar-refractivity contribution is 4.86. The Morgan fingerprint density at radius 2 is 2.00 bits per heavy atom. The van der Waals surface area contributed by atoms with E-state index in [4.69, 9.17) is 0 Å². The Labute approximate surface area is 126 Å². The van der Waals surface area contributed by atoms with Crippen molar-refractivity contribution in [2.24, 2.45) is 5.92 Å². The first-order valence-corrected chi connectivity index (χ1v) is 8.60. The summed E-state index contributed by atoms with van der Waals surface area (Å²) in [6, 6.07) is 0.859. The van der Waals surface area contributed by atoms with Crippen LogP contribution in [0.1, 0.15) is 66.2 Å². The first-order valence-electron chi connectivity index (χ1n) is 8.60. The smallest absolute Gasteiger partial charge is 0.0610 e. The number of nitrogens with one attached hydrogen (secondary N) is 1. The summed E-state index contributed by atoms with van der Waals surface area (Å²) in [4.78, 5) is 2.68. The van der Waals surface area contributed by atoms with E-state index in [1.54, 1.807) is 0 Å². The van der Waals surface area contributed by atoms with E-state index in [-0.39, 0.29) is 12.1 Å². The molecule has 0 amide bonds. The van der Waals surface area contributed by atoms with Crippen LogP contribution in [0.2, 0.25) is 0 Å². The van der Waals surface area contributed by atoms with Crippen LogP contribution in [-0.4, -0.2) is 47.8 Å². The van der Waals surface area contributed by atoms with Crippen LogP contribution in [0.5, 0.6) is 0 Å². The third-order valence-corrected chi connectivity index (χ3v) is 4.38. The zero-order valence-corrected chi connectivity index (χ0v) is 14.1.